The summed E-state index contributed by atoms with van der Waals surface area (Å²) < 4.78 is 24.8. The third-order valence-electron chi connectivity index (χ3n) is 5.26. The van der Waals surface area contributed by atoms with Crippen molar-refractivity contribution in [3.63, 3.8) is 0 Å². The Kier molecular flexibility index (Phi) is 5.46. The molecule has 0 unspecified atom stereocenters. The molecular weight excluding hydrogens is 472 g/mol. The fourth-order valence-corrected chi connectivity index (χ4v) is 5.28. The van der Waals surface area contributed by atoms with Crippen molar-refractivity contribution in [2.75, 3.05) is 11.6 Å². The highest BCUT2D eigenvalue weighted by molar-refractivity contribution is 7.90. The van der Waals surface area contributed by atoms with Gasteiger partial charge in [-0.25, -0.2) is 18.4 Å². The van der Waals surface area contributed by atoms with Crippen LogP contribution in [0, 0.1) is 0 Å². The fraction of sp³-hybridized carbons (Fsp3) is 0.0833. The third kappa shape index (κ3) is 4.20. The van der Waals surface area contributed by atoms with Crippen LogP contribution in [0.2, 0.25) is 0 Å². The number of rotatable bonds is 5. The first kappa shape index (κ1) is 21.9. The Hall–Kier alpha value is -3.89. The zero-order chi connectivity index (χ0) is 23.9. The number of pyridine rings is 1. The maximum atomic E-state index is 13.1. The number of thiophene rings is 1. The molecule has 0 fully saturated rings. The summed E-state index contributed by atoms with van der Waals surface area (Å²) in [6.45, 7) is -0.230. The molecular formula is C24H18N4O4S2. The van der Waals surface area contributed by atoms with Crippen molar-refractivity contribution in [2.24, 2.45) is 0 Å². The Morgan fingerprint density at radius 3 is 2.47 bits per heavy atom. The average molecular weight is 491 g/mol. The predicted octanol–water partition coefficient (Wildman–Crippen LogP) is 3.72. The highest BCUT2D eigenvalue weighted by Gasteiger charge is 2.15. The molecule has 0 saturated heterocycles. The minimum absolute atomic E-state index is 0.158. The lowest BCUT2D eigenvalue weighted by molar-refractivity contribution is -0.116. The molecule has 5 rings (SSSR count). The Morgan fingerprint density at radius 1 is 1.03 bits per heavy atom. The average Bonchev–Trinajstić information content (AvgIpc) is 3.20. The lowest BCUT2D eigenvalue weighted by Crippen LogP contribution is -2.27. The minimum atomic E-state index is -3.32. The molecule has 10 heteroatoms. The number of carbonyl (C=O) groups is 1. The van der Waals surface area contributed by atoms with Crippen LogP contribution in [0.5, 0.6) is 0 Å². The molecule has 170 valence electrons. The van der Waals surface area contributed by atoms with E-state index in [-0.39, 0.29) is 17.0 Å². The number of fused-ring (bicyclic) bond motifs is 3. The van der Waals surface area contributed by atoms with Crippen LogP contribution in [0.15, 0.2) is 82.7 Å². The summed E-state index contributed by atoms with van der Waals surface area (Å²) >= 11 is 1.25. The molecule has 2 aromatic carbocycles. The molecule has 3 aromatic heterocycles. The SMILES string of the molecule is CS(=O)(=O)c1ccc(NC(=O)Cn2cnc3c(sc4nc(-c5ccccc5)ccc43)c2=O)cc1. The quantitative estimate of drug-likeness (QED) is 0.402. The van der Waals surface area contributed by atoms with Crippen LogP contribution in [-0.4, -0.2) is 35.1 Å². The van der Waals surface area contributed by atoms with Gasteiger partial charge in [0, 0.05) is 22.9 Å². The normalized spacial score (nSPS) is 11.7. The van der Waals surface area contributed by atoms with Crippen molar-refractivity contribution < 1.29 is 13.2 Å². The van der Waals surface area contributed by atoms with Gasteiger partial charge in [-0.05, 0) is 36.4 Å². The first-order chi connectivity index (χ1) is 16.3. The molecule has 34 heavy (non-hydrogen) atoms. The van der Waals surface area contributed by atoms with Gasteiger partial charge in [-0.2, -0.15) is 0 Å². The molecule has 0 aliphatic carbocycles. The Balaban J connectivity index is 1.41. The van der Waals surface area contributed by atoms with Crippen molar-refractivity contribution in [3.05, 3.63) is 83.4 Å². The summed E-state index contributed by atoms with van der Waals surface area (Å²) in [5.74, 6) is -0.430. The van der Waals surface area contributed by atoms with E-state index in [1.165, 1.54) is 46.5 Å². The van der Waals surface area contributed by atoms with Crippen molar-refractivity contribution in [3.8, 4) is 11.3 Å². The van der Waals surface area contributed by atoms with E-state index in [9.17, 15) is 18.0 Å². The van der Waals surface area contributed by atoms with Gasteiger partial charge >= 0.3 is 0 Å². The van der Waals surface area contributed by atoms with Crippen LogP contribution < -0.4 is 10.9 Å². The molecule has 0 saturated carbocycles. The number of nitrogens with zero attached hydrogens (tertiary/aromatic N) is 3. The molecule has 0 atom stereocenters. The molecule has 1 N–H and O–H groups in total. The van der Waals surface area contributed by atoms with Crippen LogP contribution in [0.1, 0.15) is 0 Å². The van der Waals surface area contributed by atoms with Crippen LogP contribution in [0.3, 0.4) is 0 Å². The zero-order valence-electron chi connectivity index (χ0n) is 17.9. The van der Waals surface area contributed by atoms with Gasteiger partial charge in [-0.3, -0.25) is 14.2 Å². The van der Waals surface area contributed by atoms with E-state index < -0.39 is 15.7 Å². The number of sulfone groups is 1. The molecule has 0 radical (unpaired) electrons. The van der Waals surface area contributed by atoms with Gasteiger partial charge in [0.25, 0.3) is 5.56 Å². The first-order valence-corrected chi connectivity index (χ1v) is 12.9. The zero-order valence-corrected chi connectivity index (χ0v) is 19.6. The second kappa shape index (κ2) is 8.47. The minimum Gasteiger partial charge on any atom is -0.325 e. The van der Waals surface area contributed by atoms with Crippen LogP contribution in [0.4, 0.5) is 5.69 Å². The number of anilines is 1. The van der Waals surface area contributed by atoms with Gasteiger partial charge in [-0.1, -0.05) is 30.3 Å². The van der Waals surface area contributed by atoms with Gasteiger partial charge in [-0.15, -0.1) is 11.3 Å². The van der Waals surface area contributed by atoms with Crippen molar-refractivity contribution in [1.82, 2.24) is 14.5 Å². The van der Waals surface area contributed by atoms with Gasteiger partial charge in [0.2, 0.25) is 5.91 Å². The summed E-state index contributed by atoms with van der Waals surface area (Å²) in [5.41, 5.74) is 2.45. The van der Waals surface area contributed by atoms with E-state index in [1.54, 1.807) is 0 Å². The summed E-state index contributed by atoms with van der Waals surface area (Å²) in [6, 6.07) is 19.4. The molecule has 1 amide bonds. The van der Waals surface area contributed by atoms with Crippen molar-refractivity contribution in [1.29, 1.82) is 0 Å². The summed E-state index contributed by atoms with van der Waals surface area (Å²) in [5, 5.41) is 3.46. The van der Waals surface area contributed by atoms with Crippen LogP contribution >= 0.6 is 11.3 Å². The smallest absolute Gasteiger partial charge is 0.271 e. The standard InChI is InChI=1S/C24H18N4O4S2/c1-34(31,32)17-9-7-16(8-10-17)26-20(29)13-28-14-25-21-18-11-12-19(15-5-3-2-4-6-15)27-23(18)33-22(21)24(28)30/h2-12,14H,13H2,1H3,(H,26,29). The number of hydrogen-bond acceptors (Lipinski definition) is 7. The van der Waals surface area contributed by atoms with Gasteiger partial charge < -0.3 is 5.32 Å². The lowest BCUT2D eigenvalue weighted by atomic mass is 10.1. The summed E-state index contributed by atoms with van der Waals surface area (Å²) in [4.78, 5) is 35.5. The van der Waals surface area contributed by atoms with Gasteiger partial charge in [0.05, 0.1) is 22.4 Å². The van der Waals surface area contributed by atoms with E-state index in [0.29, 0.717) is 20.7 Å². The topological polar surface area (TPSA) is 111 Å². The van der Waals surface area contributed by atoms with E-state index >= 15 is 0 Å². The highest BCUT2D eigenvalue weighted by Crippen LogP contribution is 2.31. The van der Waals surface area contributed by atoms with E-state index in [2.05, 4.69) is 10.3 Å². The number of amides is 1. The Morgan fingerprint density at radius 2 is 1.76 bits per heavy atom. The van der Waals surface area contributed by atoms with Gasteiger partial charge in [0.1, 0.15) is 16.1 Å². The number of carbonyl (C=O) groups excluding carboxylic acids is 1. The Bertz CT molecular complexity index is 1710. The van der Waals surface area contributed by atoms with Crippen molar-refractivity contribution >= 4 is 53.2 Å². The second-order valence-corrected chi connectivity index (χ2v) is 10.7. The Labute approximate surface area is 198 Å². The van der Waals surface area contributed by atoms with Crippen LogP contribution in [-0.2, 0) is 21.2 Å². The largest absolute Gasteiger partial charge is 0.325 e. The molecule has 5 aromatic rings. The van der Waals surface area contributed by atoms with Crippen molar-refractivity contribution in [2.45, 2.75) is 11.4 Å². The second-order valence-electron chi connectivity index (χ2n) is 7.72. The lowest BCUT2D eigenvalue weighted by Gasteiger charge is -2.08. The van der Waals surface area contributed by atoms with E-state index in [1.807, 2.05) is 42.5 Å². The number of benzene rings is 2. The molecule has 0 bridgehead atoms. The molecule has 0 aliphatic heterocycles. The van der Waals surface area contributed by atoms with E-state index in [0.717, 1.165) is 22.9 Å². The molecule has 0 aliphatic rings. The highest BCUT2D eigenvalue weighted by atomic mass is 32.2. The fourth-order valence-electron chi connectivity index (χ4n) is 3.57. The molecule has 8 nitrogen and oxygen atoms in total. The predicted molar refractivity (Wildman–Crippen MR) is 133 cm³/mol. The molecule has 0 spiro atoms. The first-order valence-electron chi connectivity index (χ1n) is 10.2. The number of hydrogen-bond donors (Lipinski definition) is 1. The van der Waals surface area contributed by atoms with Gasteiger partial charge in [0.15, 0.2) is 9.84 Å². The monoisotopic (exact) mass is 490 g/mol. The summed E-state index contributed by atoms with van der Waals surface area (Å²) in [6.07, 6.45) is 2.47. The third-order valence-corrected chi connectivity index (χ3v) is 7.47. The maximum Gasteiger partial charge on any atom is 0.271 e. The maximum absolute atomic E-state index is 13.1. The molecule has 3 heterocycles. The van der Waals surface area contributed by atoms with E-state index in [4.69, 9.17) is 4.98 Å². The number of nitrogens with one attached hydrogen (secondary N) is 1. The number of aromatic nitrogens is 3. The van der Waals surface area contributed by atoms with Crippen LogP contribution in [0.25, 0.3) is 31.7 Å². The summed E-state index contributed by atoms with van der Waals surface area (Å²) in [7, 11) is -3.32.